The molecule has 6 heteroatoms. The van der Waals surface area contributed by atoms with E-state index in [4.69, 9.17) is 5.73 Å². The molecular formula is C12H15N3O3. The minimum absolute atomic E-state index is 0.265. The summed E-state index contributed by atoms with van der Waals surface area (Å²) in [5.41, 5.74) is 6.25. The minimum atomic E-state index is -0.967. The van der Waals surface area contributed by atoms with Crippen molar-refractivity contribution in [2.45, 2.75) is 13.3 Å². The van der Waals surface area contributed by atoms with E-state index in [1.165, 1.54) is 24.3 Å². The Morgan fingerprint density at radius 2 is 1.72 bits per heavy atom. The van der Waals surface area contributed by atoms with Crippen molar-refractivity contribution in [3.05, 3.63) is 29.8 Å². The van der Waals surface area contributed by atoms with Crippen LogP contribution >= 0.6 is 0 Å². The number of nitrogens with one attached hydrogen (secondary N) is 2. The molecule has 1 aromatic rings. The van der Waals surface area contributed by atoms with E-state index < -0.39 is 17.7 Å². The van der Waals surface area contributed by atoms with Crippen LogP contribution in [0.15, 0.2) is 24.3 Å². The first kappa shape index (κ1) is 13.7. The molecule has 0 aromatic heterocycles. The molecule has 3 amide bonds. The van der Waals surface area contributed by atoms with Crippen LogP contribution in [0.3, 0.4) is 0 Å². The summed E-state index contributed by atoms with van der Waals surface area (Å²) >= 11 is 0. The maximum Gasteiger partial charge on any atom is 0.316 e. The van der Waals surface area contributed by atoms with Crippen molar-refractivity contribution in [3.63, 3.8) is 0 Å². The number of carbonyl (C=O) groups excluding carboxylic acids is 3. The number of nitrogen functional groups attached to an aromatic ring is 1. The van der Waals surface area contributed by atoms with Gasteiger partial charge in [-0.05, 0) is 30.7 Å². The monoisotopic (exact) mass is 249 g/mol. The maximum atomic E-state index is 11.6. The third-order valence-electron chi connectivity index (χ3n) is 2.14. The summed E-state index contributed by atoms with van der Waals surface area (Å²) in [7, 11) is 0. The van der Waals surface area contributed by atoms with Crippen molar-refractivity contribution < 1.29 is 14.4 Å². The second kappa shape index (κ2) is 6.39. The van der Waals surface area contributed by atoms with Gasteiger partial charge in [0.15, 0.2) is 0 Å². The first-order chi connectivity index (χ1) is 8.54. The van der Waals surface area contributed by atoms with Crippen LogP contribution in [-0.4, -0.2) is 24.3 Å². The molecule has 0 saturated carbocycles. The van der Waals surface area contributed by atoms with Crippen LogP contribution in [0.5, 0.6) is 0 Å². The van der Waals surface area contributed by atoms with Gasteiger partial charge in [0.1, 0.15) is 0 Å². The zero-order valence-electron chi connectivity index (χ0n) is 10.0. The zero-order valence-corrected chi connectivity index (χ0v) is 10.0. The van der Waals surface area contributed by atoms with Crippen molar-refractivity contribution in [1.82, 2.24) is 10.6 Å². The third-order valence-corrected chi connectivity index (χ3v) is 2.14. The normalized spacial score (nSPS) is 9.61. The molecule has 0 heterocycles. The fraction of sp³-hybridized carbons (Fsp3) is 0.250. The fourth-order valence-electron chi connectivity index (χ4n) is 1.19. The fourth-order valence-corrected chi connectivity index (χ4v) is 1.19. The molecule has 0 aliphatic carbocycles. The predicted octanol–water partition coefficient (Wildman–Crippen LogP) is 0.0514. The van der Waals surface area contributed by atoms with E-state index in [2.05, 4.69) is 5.32 Å². The van der Waals surface area contributed by atoms with Gasteiger partial charge < -0.3 is 11.1 Å². The van der Waals surface area contributed by atoms with E-state index in [-0.39, 0.29) is 5.56 Å². The Balaban J connectivity index is 2.57. The molecule has 0 bridgehead atoms. The lowest BCUT2D eigenvalue weighted by Gasteiger charge is -2.04. The Kier molecular flexibility index (Phi) is 4.86. The van der Waals surface area contributed by atoms with Crippen LogP contribution < -0.4 is 16.4 Å². The second-order valence-electron chi connectivity index (χ2n) is 3.66. The summed E-state index contributed by atoms with van der Waals surface area (Å²) in [5, 5.41) is 4.37. The van der Waals surface area contributed by atoms with Gasteiger partial charge in [-0.15, -0.1) is 0 Å². The molecule has 0 aliphatic heterocycles. The number of imide groups is 1. The van der Waals surface area contributed by atoms with Crippen molar-refractivity contribution >= 4 is 23.4 Å². The molecule has 0 saturated heterocycles. The number of hydrogen-bond acceptors (Lipinski definition) is 4. The lowest BCUT2D eigenvalue weighted by molar-refractivity contribution is -0.138. The van der Waals surface area contributed by atoms with Crippen LogP contribution in [0, 0.1) is 0 Å². The number of hydrogen-bond donors (Lipinski definition) is 3. The van der Waals surface area contributed by atoms with E-state index in [9.17, 15) is 14.4 Å². The number of rotatable bonds is 3. The van der Waals surface area contributed by atoms with Crippen LogP contribution in [0.1, 0.15) is 23.7 Å². The summed E-state index contributed by atoms with van der Waals surface area (Å²) in [6.45, 7) is 2.25. The number of amides is 3. The molecule has 0 fully saturated rings. The molecule has 6 nitrogen and oxygen atoms in total. The number of carbonyl (C=O) groups is 3. The van der Waals surface area contributed by atoms with E-state index >= 15 is 0 Å². The quantitative estimate of drug-likeness (QED) is 0.520. The average Bonchev–Trinajstić information content (AvgIpc) is 2.36. The van der Waals surface area contributed by atoms with Gasteiger partial charge in [-0.1, -0.05) is 6.92 Å². The van der Waals surface area contributed by atoms with Crippen LogP contribution in [0.2, 0.25) is 0 Å². The summed E-state index contributed by atoms with van der Waals surface area (Å²) in [6.07, 6.45) is 0.713. The van der Waals surface area contributed by atoms with Crippen molar-refractivity contribution in [2.75, 3.05) is 12.3 Å². The lowest BCUT2D eigenvalue weighted by atomic mass is 10.2. The van der Waals surface area contributed by atoms with Gasteiger partial charge in [0.2, 0.25) is 0 Å². The zero-order chi connectivity index (χ0) is 13.5. The molecule has 0 atom stereocenters. The number of benzene rings is 1. The minimum Gasteiger partial charge on any atom is -0.399 e. The Bertz CT molecular complexity index is 454. The van der Waals surface area contributed by atoms with E-state index in [0.29, 0.717) is 18.7 Å². The topological polar surface area (TPSA) is 101 Å². The van der Waals surface area contributed by atoms with Crippen molar-refractivity contribution in [2.24, 2.45) is 0 Å². The summed E-state index contributed by atoms with van der Waals surface area (Å²) in [4.78, 5) is 34.2. The Labute approximate surface area is 105 Å². The lowest BCUT2D eigenvalue weighted by Crippen LogP contribution is -2.42. The van der Waals surface area contributed by atoms with Crippen LogP contribution in [0.25, 0.3) is 0 Å². The van der Waals surface area contributed by atoms with Crippen molar-refractivity contribution in [1.29, 1.82) is 0 Å². The van der Waals surface area contributed by atoms with Gasteiger partial charge in [0.25, 0.3) is 5.91 Å². The smallest absolute Gasteiger partial charge is 0.316 e. The van der Waals surface area contributed by atoms with Gasteiger partial charge in [-0.2, -0.15) is 0 Å². The molecule has 1 aromatic carbocycles. The van der Waals surface area contributed by atoms with Crippen LogP contribution in [-0.2, 0) is 9.59 Å². The maximum absolute atomic E-state index is 11.6. The molecule has 96 valence electrons. The first-order valence-corrected chi connectivity index (χ1v) is 5.53. The van der Waals surface area contributed by atoms with E-state index in [0.717, 1.165) is 0 Å². The molecule has 0 unspecified atom stereocenters. The average molecular weight is 249 g/mol. The van der Waals surface area contributed by atoms with E-state index in [1.807, 2.05) is 12.2 Å². The Morgan fingerprint density at radius 1 is 1.11 bits per heavy atom. The second-order valence-corrected chi connectivity index (χ2v) is 3.66. The summed E-state index contributed by atoms with van der Waals surface area (Å²) < 4.78 is 0. The van der Waals surface area contributed by atoms with Gasteiger partial charge in [-0.25, -0.2) is 0 Å². The van der Waals surface area contributed by atoms with Gasteiger partial charge >= 0.3 is 11.8 Å². The molecular weight excluding hydrogens is 234 g/mol. The highest BCUT2D eigenvalue weighted by Gasteiger charge is 2.16. The standard InChI is InChI=1S/C12H15N3O3/c1-2-7-14-11(17)12(18)15-10(16)8-3-5-9(13)6-4-8/h3-6H,2,7,13H2,1H3,(H,14,17)(H,15,16,18). The summed E-state index contributed by atoms with van der Waals surface area (Å²) in [5.74, 6) is -2.42. The molecule has 18 heavy (non-hydrogen) atoms. The first-order valence-electron chi connectivity index (χ1n) is 5.53. The van der Waals surface area contributed by atoms with Gasteiger partial charge in [0, 0.05) is 17.8 Å². The van der Waals surface area contributed by atoms with Gasteiger partial charge in [-0.3, -0.25) is 19.7 Å². The van der Waals surface area contributed by atoms with Crippen LogP contribution in [0.4, 0.5) is 5.69 Å². The van der Waals surface area contributed by atoms with E-state index in [1.54, 1.807) is 0 Å². The number of anilines is 1. The Morgan fingerprint density at radius 3 is 2.28 bits per heavy atom. The highest BCUT2D eigenvalue weighted by atomic mass is 16.2. The molecule has 0 radical (unpaired) electrons. The SMILES string of the molecule is CCCNC(=O)C(=O)NC(=O)c1ccc(N)cc1. The van der Waals surface area contributed by atoms with Gasteiger partial charge in [0.05, 0.1) is 0 Å². The molecule has 0 aliphatic rings. The third kappa shape index (κ3) is 3.89. The highest BCUT2D eigenvalue weighted by Crippen LogP contribution is 2.04. The largest absolute Gasteiger partial charge is 0.399 e. The Hall–Kier alpha value is -2.37. The molecule has 1 rings (SSSR count). The molecule has 0 spiro atoms. The highest BCUT2D eigenvalue weighted by molar-refractivity contribution is 6.38. The van der Waals surface area contributed by atoms with Crippen molar-refractivity contribution in [3.8, 4) is 0 Å². The molecule has 4 N–H and O–H groups in total. The number of nitrogens with two attached hydrogens (primary N) is 1. The predicted molar refractivity (Wildman–Crippen MR) is 66.6 cm³/mol. The summed E-state index contributed by atoms with van der Waals surface area (Å²) in [6, 6.07) is 6.02.